The molecule has 158 valence electrons. The van der Waals surface area contributed by atoms with Crippen LogP contribution >= 0.6 is 24.0 Å². The first-order chi connectivity index (χ1) is 13.6. The van der Waals surface area contributed by atoms with Crippen molar-refractivity contribution >= 4 is 29.9 Å². The number of hydrogen-bond acceptors (Lipinski definition) is 2. The molecule has 2 aromatic rings. The quantitative estimate of drug-likeness (QED) is 0.372. The van der Waals surface area contributed by atoms with Crippen molar-refractivity contribution < 1.29 is 4.39 Å². The standard InChI is InChI=1S/C22H30FN5.HI/c1-3-25-21(26-15-22(8-9-22)18-5-4-6-19(23)13-18)27-11-7-17(2)20(14-27)28-12-10-24-16-28;/h4-6,10,12-13,16-17,20H,3,7-9,11,14-15H2,1-2H3,(H,25,26);1H. The van der Waals surface area contributed by atoms with E-state index in [1.165, 1.54) is 6.07 Å². The molecule has 2 fully saturated rings. The lowest BCUT2D eigenvalue weighted by Crippen LogP contribution is -2.49. The second kappa shape index (κ2) is 9.45. The first-order valence-corrected chi connectivity index (χ1v) is 10.4. The third kappa shape index (κ3) is 4.92. The van der Waals surface area contributed by atoms with E-state index in [0.717, 1.165) is 50.4 Å². The summed E-state index contributed by atoms with van der Waals surface area (Å²) in [5.41, 5.74) is 1.09. The predicted molar refractivity (Wildman–Crippen MR) is 125 cm³/mol. The Kier molecular flexibility index (Phi) is 7.19. The topological polar surface area (TPSA) is 45.5 Å². The van der Waals surface area contributed by atoms with Gasteiger partial charge in [0.05, 0.1) is 18.9 Å². The Morgan fingerprint density at radius 3 is 2.86 bits per heavy atom. The smallest absolute Gasteiger partial charge is 0.194 e. The molecule has 1 aromatic heterocycles. The molecule has 1 N–H and O–H groups in total. The van der Waals surface area contributed by atoms with Crippen molar-refractivity contribution in [1.29, 1.82) is 0 Å². The van der Waals surface area contributed by atoms with Gasteiger partial charge in [-0.15, -0.1) is 24.0 Å². The molecule has 0 bridgehead atoms. The Morgan fingerprint density at radius 2 is 2.21 bits per heavy atom. The highest BCUT2D eigenvalue weighted by Crippen LogP contribution is 2.48. The van der Waals surface area contributed by atoms with E-state index in [1.807, 2.05) is 18.6 Å². The summed E-state index contributed by atoms with van der Waals surface area (Å²) in [5.74, 6) is 1.42. The maximum absolute atomic E-state index is 13.7. The molecule has 29 heavy (non-hydrogen) atoms. The number of halogens is 2. The molecule has 0 radical (unpaired) electrons. The number of nitrogens with zero attached hydrogens (tertiary/aromatic N) is 4. The molecule has 1 aliphatic heterocycles. The van der Waals surface area contributed by atoms with Crippen molar-refractivity contribution in [3.8, 4) is 0 Å². The van der Waals surface area contributed by atoms with Crippen LogP contribution in [0.15, 0.2) is 48.0 Å². The average Bonchev–Trinajstić information content (AvgIpc) is 3.30. The van der Waals surface area contributed by atoms with E-state index in [0.29, 0.717) is 18.5 Å². The van der Waals surface area contributed by atoms with Crippen LogP contribution in [0, 0.1) is 11.7 Å². The van der Waals surface area contributed by atoms with Gasteiger partial charge in [-0.1, -0.05) is 19.1 Å². The minimum absolute atomic E-state index is 0. The minimum atomic E-state index is -0.159. The van der Waals surface area contributed by atoms with E-state index >= 15 is 0 Å². The normalized spacial score (nSPS) is 23.4. The van der Waals surface area contributed by atoms with Crippen LogP contribution in [-0.4, -0.2) is 46.6 Å². The summed E-state index contributed by atoms with van der Waals surface area (Å²) in [7, 11) is 0. The van der Waals surface area contributed by atoms with Gasteiger partial charge in [-0.3, -0.25) is 4.99 Å². The highest BCUT2D eigenvalue weighted by molar-refractivity contribution is 14.0. The molecule has 1 aromatic carbocycles. The van der Waals surface area contributed by atoms with Crippen molar-refractivity contribution in [3.63, 3.8) is 0 Å². The molecule has 2 heterocycles. The fourth-order valence-electron chi connectivity index (χ4n) is 4.25. The number of benzene rings is 1. The van der Waals surface area contributed by atoms with Crippen molar-refractivity contribution in [2.45, 2.75) is 44.6 Å². The number of guanidine groups is 1. The number of hydrogen-bond donors (Lipinski definition) is 1. The lowest BCUT2D eigenvalue weighted by Gasteiger charge is -2.39. The van der Waals surface area contributed by atoms with Gasteiger partial charge in [-0.05, 0) is 49.8 Å². The zero-order valence-corrected chi connectivity index (χ0v) is 19.6. The van der Waals surface area contributed by atoms with Gasteiger partial charge in [-0.25, -0.2) is 9.37 Å². The number of rotatable bonds is 5. The first-order valence-electron chi connectivity index (χ1n) is 10.4. The van der Waals surface area contributed by atoms with Crippen LogP contribution in [0.3, 0.4) is 0 Å². The Bertz CT molecular complexity index is 818. The molecule has 0 spiro atoms. The summed E-state index contributed by atoms with van der Waals surface area (Å²) < 4.78 is 15.9. The van der Waals surface area contributed by atoms with E-state index in [-0.39, 0.29) is 35.2 Å². The summed E-state index contributed by atoms with van der Waals surface area (Å²) in [5, 5.41) is 3.47. The monoisotopic (exact) mass is 511 g/mol. The SMILES string of the molecule is CCNC(=NCC1(c2cccc(F)c2)CC1)N1CCC(C)C(n2ccnc2)C1.I. The predicted octanol–water partition coefficient (Wildman–Crippen LogP) is 4.22. The molecule has 5 nitrogen and oxygen atoms in total. The van der Waals surface area contributed by atoms with Crippen LogP contribution in [0.1, 0.15) is 44.7 Å². The van der Waals surface area contributed by atoms with Crippen LogP contribution in [0.4, 0.5) is 4.39 Å². The van der Waals surface area contributed by atoms with Crippen molar-refractivity contribution in [2.24, 2.45) is 10.9 Å². The lowest BCUT2D eigenvalue weighted by molar-refractivity contribution is 0.189. The molecule has 1 saturated carbocycles. The molecule has 7 heteroatoms. The number of aromatic nitrogens is 2. The van der Waals surface area contributed by atoms with Crippen molar-refractivity contribution in [3.05, 3.63) is 54.4 Å². The second-order valence-electron chi connectivity index (χ2n) is 8.25. The van der Waals surface area contributed by atoms with E-state index in [9.17, 15) is 4.39 Å². The molecular formula is C22H31FIN5. The number of nitrogens with one attached hydrogen (secondary N) is 1. The van der Waals surface area contributed by atoms with Gasteiger partial charge in [0.2, 0.25) is 0 Å². The van der Waals surface area contributed by atoms with E-state index in [2.05, 4.69) is 39.8 Å². The van der Waals surface area contributed by atoms with Crippen LogP contribution in [0.25, 0.3) is 0 Å². The van der Waals surface area contributed by atoms with E-state index in [4.69, 9.17) is 4.99 Å². The maximum atomic E-state index is 13.7. The van der Waals surface area contributed by atoms with Gasteiger partial charge in [0.15, 0.2) is 5.96 Å². The number of piperidine rings is 1. The average molecular weight is 511 g/mol. The Balaban J connectivity index is 0.00000240. The number of imidazole rings is 1. The Morgan fingerprint density at radius 1 is 1.38 bits per heavy atom. The summed E-state index contributed by atoms with van der Waals surface area (Å²) in [6, 6.07) is 7.43. The van der Waals surface area contributed by atoms with Gasteiger partial charge in [-0.2, -0.15) is 0 Å². The minimum Gasteiger partial charge on any atom is -0.357 e. The fourth-order valence-corrected chi connectivity index (χ4v) is 4.25. The van der Waals surface area contributed by atoms with Gasteiger partial charge < -0.3 is 14.8 Å². The van der Waals surface area contributed by atoms with Crippen molar-refractivity contribution in [2.75, 3.05) is 26.2 Å². The molecule has 2 atom stereocenters. The van der Waals surface area contributed by atoms with Gasteiger partial charge in [0.25, 0.3) is 0 Å². The van der Waals surface area contributed by atoms with Gasteiger partial charge in [0.1, 0.15) is 5.82 Å². The van der Waals surface area contributed by atoms with Crippen molar-refractivity contribution in [1.82, 2.24) is 19.8 Å². The van der Waals surface area contributed by atoms with E-state index in [1.54, 1.807) is 12.1 Å². The van der Waals surface area contributed by atoms with Crippen LogP contribution in [0.2, 0.25) is 0 Å². The van der Waals surface area contributed by atoms with E-state index < -0.39 is 0 Å². The Labute approximate surface area is 189 Å². The Hall–Kier alpha value is -1.64. The highest BCUT2D eigenvalue weighted by atomic mass is 127. The molecule has 2 unspecified atom stereocenters. The number of likely N-dealkylation sites (tertiary alicyclic amines) is 1. The fraction of sp³-hybridized carbons (Fsp3) is 0.545. The molecular weight excluding hydrogens is 480 g/mol. The molecule has 2 aliphatic rings. The lowest BCUT2D eigenvalue weighted by atomic mass is 9.93. The molecule has 0 amide bonds. The molecule has 1 aliphatic carbocycles. The number of aliphatic imine (C=N–C) groups is 1. The summed E-state index contributed by atoms with van der Waals surface area (Å²) in [6.45, 7) is 7.90. The molecule has 4 rings (SSSR count). The highest BCUT2D eigenvalue weighted by Gasteiger charge is 2.44. The van der Waals surface area contributed by atoms with Crippen LogP contribution in [0.5, 0.6) is 0 Å². The maximum Gasteiger partial charge on any atom is 0.194 e. The third-order valence-corrected chi connectivity index (χ3v) is 6.28. The van der Waals surface area contributed by atoms with Crippen LogP contribution < -0.4 is 5.32 Å². The summed E-state index contributed by atoms with van der Waals surface area (Å²) in [4.78, 5) is 11.6. The summed E-state index contributed by atoms with van der Waals surface area (Å²) >= 11 is 0. The zero-order chi connectivity index (χ0) is 19.6. The van der Waals surface area contributed by atoms with Crippen LogP contribution in [-0.2, 0) is 5.41 Å². The zero-order valence-electron chi connectivity index (χ0n) is 17.2. The summed E-state index contributed by atoms with van der Waals surface area (Å²) in [6.07, 6.45) is 9.10. The third-order valence-electron chi connectivity index (χ3n) is 6.28. The second-order valence-corrected chi connectivity index (χ2v) is 8.25. The van der Waals surface area contributed by atoms with Gasteiger partial charge >= 0.3 is 0 Å². The first kappa shape index (κ1) is 22.1. The molecule has 1 saturated heterocycles. The van der Waals surface area contributed by atoms with Gasteiger partial charge in [0, 0.05) is 37.4 Å². The largest absolute Gasteiger partial charge is 0.357 e.